The first kappa shape index (κ1) is 21.1. The fourth-order valence-corrected chi connectivity index (χ4v) is 4.74. The Bertz CT molecular complexity index is 1160. The van der Waals surface area contributed by atoms with Crippen LogP contribution in [0.2, 0.25) is 0 Å². The van der Waals surface area contributed by atoms with E-state index < -0.39 is 17.6 Å². The number of carbonyl (C=O) groups excluding carboxylic acids is 1. The van der Waals surface area contributed by atoms with E-state index >= 15 is 0 Å². The molecule has 2 aromatic carbocycles. The second-order valence-electron chi connectivity index (χ2n) is 9.02. The molecule has 168 valence electrons. The Morgan fingerprint density at radius 3 is 2.47 bits per heavy atom. The molecule has 2 aliphatic rings. The highest BCUT2D eigenvalue weighted by Crippen LogP contribution is 2.34. The lowest BCUT2D eigenvalue weighted by molar-refractivity contribution is -0.0922. The number of benzene rings is 2. The molecule has 0 bridgehead atoms. The van der Waals surface area contributed by atoms with Crippen molar-refractivity contribution in [2.45, 2.75) is 31.0 Å². The second-order valence-corrected chi connectivity index (χ2v) is 9.02. The maximum atomic E-state index is 15.0. The summed E-state index contributed by atoms with van der Waals surface area (Å²) in [5, 5.41) is 15.8. The van der Waals surface area contributed by atoms with Crippen molar-refractivity contribution in [3.05, 3.63) is 54.0 Å². The van der Waals surface area contributed by atoms with E-state index in [0.717, 1.165) is 35.7 Å². The third-order valence-electron chi connectivity index (χ3n) is 7.03. The van der Waals surface area contributed by atoms with Crippen LogP contribution in [0.3, 0.4) is 0 Å². The van der Waals surface area contributed by atoms with Crippen LogP contribution in [0.5, 0.6) is 0 Å². The van der Waals surface area contributed by atoms with Crippen LogP contribution in [0.25, 0.3) is 22.0 Å². The molecule has 1 aliphatic heterocycles. The molecule has 1 unspecified atom stereocenters. The molecule has 0 radical (unpaired) electrons. The monoisotopic (exact) mass is 437 g/mol. The topological polar surface area (TPSA) is 87.6 Å². The van der Waals surface area contributed by atoms with Crippen LogP contribution in [0.15, 0.2) is 42.6 Å². The second kappa shape index (κ2) is 7.95. The minimum Gasteiger partial charge on any atom is -0.376 e. The van der Waals surface area contributed by atoms with E-state index in [2.05, 4.69) is 5.10 Å². The minimum absolute atomic E-state index is 0.0682. The largest absolute Gasteiger partial charge is 0.376 e. The van der Waals surface area contributed by atoms with Crippen LogP contribution in [-0.4, -0.2) is 68.5 Å². The molecule has 8 heteroatoms. The number of hydrogen-bond acceptors (Lipinski definition) is 5. The molecule has 32 heavy (non-hydrogen) atoms. The number of aliphatic hydroxyl groups is 1. The minimum atomic E-state index is -0.693. The zero-order chi connectivity index (χ0) is 22.5. The zero-order valence-electron chi connectivity index (χ0n) is 18.2. The highest BCUT2D eigenvalue weighted by molar-refractivity contribution is 5.95. The summed E-state index contributed by atoms with van der Waals surface area (Å²) >= 11 is 0. The number of nitrogens with two attached hydrogens (primary N) is 1. The summed E-state index contributed by atoms with van der Waals surface area (Å²) in [6.07, 6.45) is 3.77. The summed E-state index contributed by atoms with van der Waals surface area (Å²) in [7, 11) is 1.87. The molecular formula is C24H28FN5O2. The van der Waals surface area contributed by atoms with Crippen LogP contribution in [0.1, 0.15) is 29.6 Å². The number of aliphatic hydroxyl groups excluding tert-OH is 1. The fraction of sp³-hybridized carbons (Fsp3) is 0.417. The normalized spacial score (nSPS) is 19.7. The molecule has 0 spiro atoms. The molecule has 3 aromatic rings. The summed E-state index contributed by atoms with van der Waals surface area (Å²) in [5.74, 6) is -0.855. The summed E-state index contributed by atoms with van der Waals surface area (Å²) in [5.41, 5.74) is 8.33. The van der Waals surface area contributed by atoms with Gasteiger partial charge < -0.3 is 15.7 Å². The molecule has 1 amide bonds. The van der Waals surface area contributed by atoms with Crippen LogP contribution >= 0.6 is 0 Å². The molecule has 1 atom stereocenters. The van der Waals surface area contributed by atoms with Gasteiger partial charge in [0, 0.05) is 38.6 Å². The van der Waals surface area contributed by atoms with E-state index in [-0.39, 0.29) is 11.5 Å². The first-order valence-electron chi connectivity index (χ1n) is 11.1. The molecule has 1 aliphatic carbocycles. The molecule has 7 nitrogen and oxygen atoms in total. The van der Waals surface area contributed by atoms with Gasteiger partial charge in [0.2, 0.25) is 0 Å². The molecular weight excluding hydrogens is 409 g/mol. The molecule has 1 saturated heterocycles. The van der Waals surface area contributed by atoms with Crippen molar-refractivity contribution in [1.29, 1.82) is 0 Å². The molecule has 2 heterocycles. The number of carbonyl (C=O) groups is 1. The number of fused-ring (bicyclic) bond motifs is 1. The molecule has 2 fully saturated rings. The van der Waals surface area contributed by atoms with Crippen molar-refractivity contribution in [2.24, 2.45) is 12.8 Å². The van der Waals surface area contributed by atoms with Gasteiger partial charge in [-0.1, -0.05) is 18.2 Å². The third-order valence-corrected chi connectivity index (χ3v) is 7.03. The zero-order valence-corrected chi connectivity index (χ0v) is 18.2. The predicted octanol–water partition coefficient (Wildman–Crippen LogP) is 2.34. The van der Waals surface area contributed by atoms with Crippen molar-refractivity contribution >= 4 is 16.8 Å². The van der Waals surface area contributed by atoms with E-state index in [9.17, 15) is 14.3 Å². The summed E-state index contributed by atoms with van der Waals surface area (Å²) < 4.78 is 16.7. The highest BCUT2D eigenvalue weighted by Gasteiger charge is 2.43. The summed E-state index contributed by atoms with van der Waals surface area (Å²) in [4.78, 5) is 16.5. The van der Waals surface area contributed by atoms with Gasteiger partial charge in [-0.3, -0.25) is 14.4 Å². The number of aryl methyl sites for hydroxylation is 1. The summed E-state index contributed by atoms with van der Waals surface area (Å²) in [6.45, 7) is 1.92. The van der Waals surface area contributed by atoms with Gasteiger partial charge in [-0.15, -0.1) is 0 Å². The van der Waals surface area contributed by atoms with Gasteiger partial charge in [-0.2, -0.15) is 5.10 Å². The lowest BCUT2D eigenvalue weighted by Crippen LogP contribution is -2.65. The molecule has 1 aromatic heterocycles. The number of rotatable bonds is 4. The molecule has 5 rings (SSSR count). The van der Waals surface area contributed by atoms with E-state index in [0.29, 0.717) is 31.7 Å². The van der Waals surface area contributed by atoms with Gasteiger partial charge in [0.15, 0.2) is 0 Å². The maximum Gasteiger partial charge on any atom is 0.256 e. The van der Waals surface area contributed by atoms with Gasteiger partial charge in [0.25, 0.3) is 5.91 Å². The third kappa shape index (κ3) is 3.58. The van der Waals surface area contributed by atoms with Gasteiger partial charge in [0.1, 0.15) is 12.0 Å². The Hall–Kier alpha value is -2.81. The SMILES string of the molecule is Cn1ncc2ccc(-c3ccc(C(=O)N4CCN(C(O)C5(N)CCC5)CC4)c(F)c3)cc21. The lowest BCUT2D eigenvalue weighted by atomic mass is 9.75. The van der Waals surface area contributed by atoms with Gasteiger partial charge >= 0.3 is 0 Å². The van der Waals surface area contributed by atoms with E-state index in [1.807, 2.05) is 30.1 Å². The number of piperazine rings is 1. The quantitative estimate of drug-likeness (QED) is 0.654. The smallest absolute Gasteiger partial charge is 0.256 e. The Balaban J connectivity index is 1.29. The number of amides is 1. The van der Waals surface area contributed by atoms with Gasteiger partial charge in [-0.05, 0) is 48.6 Å². The van der Waals surface area contributed by atoms with Crippen LogP contribution in [0, 0.1) is 5.82 Å². The van der Waals surface area contributed by atoms with Crippen molar-refractivity contribution in [1.82, 2.24) is 19.6 Å². The Morgan fingerprint density at radius 2 is 1.81 bits per heavy atom. The number of nitrogens with zero attached hydrogens (tertiary/aromatic N) is 4. The van der Waals surface area contributed by atoms with E-state index in [4.69, 9.17) is 5.73 Å². The van der Waals surface area contributed by atoms with Crippen LogP contribution < -0.4 is 5.73 Å². The first-order valence-corrected chi connectivity index (χ1v) is 11.1. The lowest BCUT2D eigenvalue weighted by Gasteiger charge is -2.48. The van der Waals surface area contributed by atoms with Crippen LogP contribution in [0.4, 0.5) is 4.39 Å². The summed E-state index contributed by atoms with van der Waals surface area (Å²) in [6, 6.07) is 10.6. The predicted molar refractivity (Wildman–Crippen MR) is 120 cm³/mol. The average Bonchev–Trinajstić information content (AvgIpc) is 3.16. The molecule has 3 N–H and O–H groups in total. The highest BCUT2D eigenvalue weighted by atomic mass is 19.1. The van der Waals surface area contributed by atoms with Crippen LogP contribution in [-0.2, 0) is 7.05 Å². The van der Waals surface area contributed by atoms with Crippen molar-refractivity contribution in [2.75, 3.05) is 26.2 Å². The average molecular weight is 438 g/mol. The number of aromatic nitrogens is 2. The Morgan fingerprint density at radius 1 is 1.12 bits per heavy atom. The van der Waals surface area contributed by atoms with Crippen molar-refractivity contribution in [3.8, 4) is 11.1 Å². The van der Waals surface area contributed by atoms with Gasteiger partial charge in [-0.25, -0.2) is 4.39 Å². The number of hydrogen-bond donors (Lipinski definition) is 2. The maximum absolute atomic E-state index is 15.0. The standard InChI is InChI=1S/C24H28FN5O2/c1-28-21-14-17(3-4-18(21)15-27-28)16-5-6-19(20(25)13-16)22(31)29-9-11-30(12-10-29)23(32)24(26)7-2-8-24/h3-6,13-15,23,32H,2,7-12,26H2,1H3. The van der Waals surface area contributed by atoms with Crippen molar-refractivity contribution < 1.29 is 14.3 Å². The van der Waals surface area contributed by atoms with Crippen molar-refractivity contribution in [3.63, 3.8) is 0 Å². The van der Waals surface area contributed by atoms with E-state index in [1.165, 1.54) is 6.07 Å². The van der Waals surface area contributed by atoms with Gasteiger partial charge in [0.05, 0.1) is 22.8 Å². The first-order chi connectivity index (χ1) is 15.4. The Kier molecular flexibility index (Phi) is 5.23. The molecule has 1 saturated carbocycles. The van der Waals surface area contributed by atoms with E-state index in [1.54, 1.807) is 27.9 Å². The fourth-order valence-electron chi connectivity index (χ4n) is 4.74. The number of halogens is 1. The Labute approximate surface area is 186 Å².